The minimum Gasteiger partial charge on any atom is -0.476 e. The number of nitrogens with zero attached hydrogens (tertiary/aromatic N) is 1. The van der Waals surface area contributed by atoms with E-state index in [-0.39, 0.29) is 23.0 Å². The molecule has 106 valence electrons. The van der Waals surface area contributed by atoms with Gasteiger partial charge in [-0.2, -0.15) is 0 Å². The van der Waals surface area contributed by atoms with E-state index >= 15 is 0 Å². The Kier molecular flexibility index (Phi) is 3.82. The molecule has 20 heavy (non-hydrogen) atoms. The Morgan fingerprint density at radius 3 is 2.45 bits per heavy atom. The Balaban J connectivity index is 2.42. The predicted molar refractivity (Wildman–Crippen MR) is 72.9 cm³/mol. The van der Waals surface area contributed by atoms with Crippen molar-refractivity contribution in [2.24, 2.45) is 0 Å². The number of halogens is 1. The first kappa shape index (κ1) is 14.5. The molecule has 1 aromatic heterocycles. The van der Waals surface area contributed by atoms with E-state index in [0.29, 0.717) is 5.02 Å². The summed E-state index contributed by atoms with van der Waals surface area (Å²) in [6, 6.07) is 6.81. The maximum absolute atomic E-state index is 11.4. The topological polar surface area (TPSA) is 100 Å². The van der Waals surface area contributed by atoms with Crippen molar-refractivity contribution in [1.82, 2.24) is 9.97 Å². The Bertz CT molecular complexity index is 750. The van der Waals surface area contributed by atoms with E-state index in [9.17, 15) is 13.2 Å². The summed E-state index contributed by atoms with van der Waals surface area (Å²) < 4.78 is 22.8. The number of carboxylic acids is 1. The number of imidazole rings is 1. The monoisotopic (exact) mass is 314 g/mol. The molecule has 0 saturated heterocycles. The van der Waals surface area contributed by atoms with E-state index in [4.69, 9.17) is 16.7 Å². The maximum Gasteiger partial charge on any atom is 0.356 e. The quantitative estimate of drug-likeness (QED) is 0.895. The van der Waals surface area contributed by atoms with Crippen LogP contribution in [0.15, 0.2) is 29.4 Å². The second kappa shape index (κ2) is 5.26. The van der Waals surface area contributed by atoms with E-state index in [2.05, 4.69) is 9.97 Å². The lowest BCUT2D eigenvalue weighted by atomic mass is 10.1. The van der Waals surface area contributed by atoms with Gasteiger partial charge in [-0.3, -0.25) is 0 Å². The molecule has 1 aromatic carbocycles. The third kappa shape index (κ3) is 3.17. The summed E-state index contributed by atoms with van der Waals surface area (Å²) in [7, 11) is -3.59. The first-order valence-electron chi connectivity index (χ1n) is 5.54. The van der Waals surface area contributed by atoms with Gasteiger partial charge in [0.15, 0.2) is 5.69 Å². The van der Waals surface area contributed by atoms with E-state index in [1.165, 1.54) is 0 Å². The van der Waals surface area contributed by atoms with Crippen LogP contribution in [-0.4, -0.2) is 35.7 Å². The highest BCUT2D eigenvalue weighted by Gasteiger charge is 2.21. The number of hydrogen-bond acceptors (Lipinski definition) is 4. The van der Waals surface area contributed by atoms with Crippen molar-refractivity contribution >= 4 is 27.4 Å². The average molecular weight is 315 g/mol. The SMILES string of the molecule is CS(=O)(=O)c1nc(C(=O)O)c(Cc2ccc(Cl)cc2)[nH]1. The maximum atomic E-state index is 11.4. The second-order valence-corrected chi connectivity index (χ2v) is 6.62. The summed E-state index contributed by atoms with van der Waals surface area (Å²) in [6.07, 6.45) is 1.19. The van der Waals surface area contributed by atoms with Gasteiger partial charge in [-0.15, -0.1) is 0 Å². The van der Waals surface area contributed by atoms with E-state index < -0.39 is 15.8 Å². The minimum atomic E-state index is -3.59. The molecule has 0 bridgehead atoms. The lowest BCUT2D eigenvalue weighted by molar-refractivity contribution is 0.0689. The first-order valence-corrected chi connectivity index (χ1v) is 7.81. The molecule has 0 aliphatic carbocycles. The van der Waals surface area contributed by atoms with Crippen molar-refractivity contribution in [3.63, 3.8) is 0 Å². The number of carbonyl (C=O) groups is 1. The number of aromatic carboxylic acids is 1. The second-order valence-electron chi connectivity index (χ2n) is 4.25. The molecule has 0 amide bonds. The van der Waals surface area contributed by atoms with Crippen molar-refractivity contribution in [3.05, 3.63) is 46.2 Å². The van der Waals surface area contributed by atoms with Gasteiger partial charge in [0.25, 0.3) is 0 Å². The number of carboxylic acid groups (broad SMARTS) is 1. The minimum absolute atomic E-state index is 0.224. The number of rotatable bonds is 4. The molecule has 0 aliphatic rings. The van der Waals surface area contributed by atoms with Gasteiger partial charge < -0.3 is 10.1 Å². The fraction of sp³-hybridized carbons (Fsp3) is 0.167. The fourth-order valence-corrected chi connectivity index (χ4v) is 2.36. The highest BCUT2D eigenvalue weighted by atomic mass is 35.5. The molecular formula is C12H11ClN2O4S. The van der Waals surface area contributed by atoms with Crippen molar-refractivity contribution in [1.29, 1.82) is 0 Å². The van der Waals surface area contributed by atoms with Crippen LogP contribution in [0.1, 0.15) is 21.7 Å². The molecule has 6 nitrogen and oxygen atoms in total. The van der Waals surface area contributed by atoms with Crippen molar-refractivity contribution in [3.8, 4) is 0 Å². The Morgan fingerprint density at radius 2 is 1.95 bits per heavy atom. The number of aromatic amines is 1. The summed E-state index contributed by atoms with van der Waals surface area (Å²) in [5.41, 5.74) is 0.737. The smallest absolute Gasteiger partial charge is 0.356 e. The molecule has 2 N–H and O–H groups in total. The van der Waals surface area contributed by atoms with Crippen LogP contribution in [0.5, 0.6) is 0 Å². The Hall–Kier alpha value is -1.86. The molecule has 0 saturated carbocycles. The number of H-pyrrole nitrogens is 1. The van der Waals surface area contributed by atoms with E-state index in [1.807, 2.05) is 0 Å². The molecule has 2 aromatic rings. The van der Waals surface area contributed by atoms with Crippen molar-refractivity contribution in [2.75, 3.05) is 6.26 Å². The van der Waals surface area contributed by atoms with E-state index in [0.717, 1.165) is 11.8 Å². The molecule has 0 spiro atoms. The zero-order valence-corrected chi connectivity index (χ0v) is 12.0. The number of nitrogens with one attached hydrogen (secondary N) is 1. The number of hydrogen-bond donors (Lipinski definition) is 2. The fourth-order valence-electron chi connectivity index (χ4n) is 1.67. The third-order valence-electron chi connectivity index (χ3n) is 2.60. The molecule has 0 aliphatic heterocycles. The lowest BCUT2D eigenvalue weighted by Gasteiger charge is -2.00. The lowest BCUT2D eigenvalue weighted by Crippen LogP contribution is -2.03. The Morgan fingerprint density at radius 1 is 1.35 bits per heavy atom. The first-order chi connectivity index (χ1) is 9.27. The zero-order chi connectivity index (χ0) is 14.9. The van der Waals surface area contributed by atoms with Gasteiger partial charge in [0.1, 0.15) is 0 Å². The molecule has 1 heterocycles. The van der Waals surface area contributed by atoms with Crippen LogP contribution >= 0.6 is 11.6 Å². The highest BCUT2D eigenvalue weighted by molar-refractivity contribution is 7.90. The van der Waals surface area contributed by atoms with Crippen molar-refractivity contribution < 1.29 is 18.3 Å². The van der Waals surface area contributed by atoms with Crippen LogP contribution < -0.4 is 0 Å². The summed E-state index contributed by atoms with van der Waals surface area (Å²) in [5, 5.41) is 9.28. The molecule has 0 unspecified atom stereocenters. The number of benzene rings is 1. The summed E-state index contributed by atoms with van der Waals surface area (Å²) in [4.78, 5) is 17.3. The standard InChI is InChI=1S/C12H11ClN2O4S/c1-20(18,19)12-14-9(10(15-12)11(16)17)6-7-2-4-8(13)5-3-7/h2-5H,6H2,1H3,(H,14,15)(H,16,17). The van der Waals surface area contributed by atoms with Crippen molar-refractivity contribution in [2.45, 2.75) is 11.6 Å². The zero-order valence-electron chi connectivity index (χ0n) is 10.4. The summed E-state index contributed by atoms with van der Waals surface area (Å²) >= 11 is 5.77. The van der Waals surface area contributed by atoms with Gasteiger partial charge in [-0.25, -0.2) is 18.2 Å². The van der Waals surface area contributed by atoms with Crippen LogP contribution in [0, 0.1) is 0 Å². The van der Waals surface area contributed by atoms with Crippen LogP contribution in [0.25, 0.3) is 0 Å². The molecular weight excluding hydrogens is 304 g/mol. The molecule has 0 atom stereocenters. The molecule has 2 rings (SSSR count). The van der Waals surface area contributed by atoms with Gasteiger partial charge in [0.05, 0.1) is 5.69 Å². The van der Waals surface area contributed by atoms with Gasteiger partial charge in [0, 0.05) is 17.7 Å². The third-order valence-corrected chi connectivity index (χ3v) is 3.75. The van der Waals surface area contributed by atoms with Gasteiger partial charge in [0.2, 0.25) is 15.0 Å². The number of aromatic nitrogens is 2. The van der Waals surface area contributed by atoms with Crippen LogP contribution in [0.3, 0.4) is 0 Å². The summed E-state index contributed by atoms with van der Waals surface area (Å²) in [6.45, 7) is 0. The average Bonchev–Trinajstić information content (AvgIpc) is 2.76. The van der Waals surface area contributed by atoms with E-state index in [1.54, 1.807) is 24.3 Å². The molecule has 0 radical (unpaired) electrons. The molecule has 0 fully saturated rings. The van der Waals surface area contributed by atoms with Crippen LogP contribution in [0.2, 0.25) is 5.02 Å². The van der Waals surface area contributed by atoms with Crippen LogP contribution in [0.4, 0.5) is 0 Å². The van der Waals surface area contributed by atoms with Gasteiger partial charge >= 0.3 is 5.97 Å². The summed E-state index contributed by atoms with van der Waals surface area (Å²) in [5.74, 6) is -1.28. The van der Waals surface area contributed by atoms with Crippen LogP contribution in [-0.2, 0) is 16.3 Å². The largest absolute Gasteiger partial charge is 0.476 e. The predicted octanol–water partition coefficient (Wildman–Crippen LogP) is 1.76. The number of sulfone groups is 1. The normalized spacial score (nSPS) is 11.5. The van der Waals surface area contributed by atoms with Gasteiger partial charge in [-0.05, 0) is 17.7 Å². The Labute approximate surface area is 120 Å². The highest BCUT2D eigenvalue weighted by Crippen LogP contribution is 2.17. The van der Waals surface area contributed by atoms with Gasteiger partial charge in [-0.1, -0.05) is 23.7 Å². The molecule has 8 heteroatoms.